The minimum absolute atomic E-state index is 0.185. The minimum Gasteiger partial charge on any atom is -0.495 e. The van der Waals surface area contributed by atoms with Crippen LogP contribution in [0.3, 0.4) is 0 Å². The van der Waals surface area contributed by atoms with Gasteiger partial charge in [0.05, 0.1) is 12.8 Å². The number of amides is 1. The van der Waals surface area contributed by atoms with Crippen molar-refractivity contribution in [3.63, 3.8) is 0 Å². The Bertz CT molecular complexity index is 1000. The first-order valence-electron chi connectivity index (χ1n) is 8.93. The zero-order chi connectivity index (χ0) is 18.8. The van der Waals surface area contributed by atoms with Crippen LogP contribution in [-0.4, -0.2) is 24.5 Å². The number of methoxy groups -OCH3 is 1. The van der Waals surface area contributed by atoms with E-state index in [2.05, 4.69) is 33.4 Å². The minimum atomic E-state index is -0.185. The maximum absolute atomic E-state index is 12.8. The molecule has 2 aromatic carbocycles. The molecule has 0 atom stereocenters. The molecule has 1 aromatic heterocycles. The second kappa shape index (κ2) is 7.11. The predicted molar refractivity (Wildman–Crippen MR) is 107 cm³/mol. The topological polar surface area (TPSA) is 54.5 Å². The average molecular weight is 359 g/mol. The lowest BCUT2D eigenvalue weighted by Gasteiger charge is -2.19. The molecule has 1 aliphatic heterocycles. The van der Waals surface area contributed by atoms with E-state index in [1.807, 2.05) is 37.3 Å². The van der Waals surface area contributed by atoms with Gasteiger partial charge in [0.1, 0.15) is 11.6 Å². The number of pyridine rings is 1. The number of carbonyl (C=O) groups excluding carboxylic acids is 1. The van der Waals surface area contributed by atoms with Crippen molar-refractivity contribution in [1.29, 1.82) is 0 Å². The summed E-state index contributed by atoms with van der Waals surface area (Å²) < 4.78 is 5.35. The van der Waals surface area contributed by atoms with Gasteiger partial charge in [0.25, 0.3) is 5.91 Å². The summed E-state index contributed by atoms with van der Waals surface area (Å²) in [5.41, 5.74) is 4.73. The van der Waals surface area contributed by atoms with Gasteiger partial charge in [-0.05, 0) is 54.8 Å². The molecule has 136 valence electrons. The van der Waals surface area contributed by atoms with Gasteiger partial charge in [-0.25, -0.2) is 4.98 Å². The predicted octanol–water partition coefficient (Wildman–Crippen LogP) is 4.35. The number of hydrogen-bond donors (Lipinski definition) is 1. The zero-order valence-corrected chi connectivity index (χ0v) is 15.4. The number of aromatic nitrogens is 1. The number of para-hydroxylation sites is 1. The fourth-order valence-corrected chi connectivity index (χ4v) is 3.40. The van der Waals surface area contributed by atoms with Crippen molar-refractivity contribution >= 4 is 23.1 Å². The van der Waals surface area contributed by atoms with Crippen LogP contribution in [0.15, 0.2) is 60.8 Å². The van der Waals surface area contributed by atoms with Crippen molar-refractivity contribution in [2.45, 2.75) is 13.3 Å². The van der Waals surface area contributed by atoms with Crippen molar-refractivity contribution in [2.75, 3.05) is 23.9 Å². The number of aryl methyl sites for hydroxylation is 1. The average Bonchev–Trinajstić information content (AvgIpc) is 3.12. The van der Waals surface area contributed by atoms with Crippen molar-refractivity contribution in [1.82, 2.24) is 4.98 Å². The summed E-state index contributed by atoms with van der Waals surface area (Å²) >= 11 is 0. The van der Waals surface area contributed by atoms with Crippen LogP contribution in [0.2, 0.25) is 0 Å². The van der Waals surface area contributed by atoms with Gasteiger partial charge in [0.2, 0.25) is 0 Å². The fourth-order valence-electron chi connectivity index (χ4n) is 3.40. The van der Waals surface area contributed by atoms with Gasteiger partial charge in [0.15, 0.2) is 0 Å². The molecule has 3 aromatic rings. The Balaban J connectivity index is 1.60. The molecule has 5 heteroatoms. The standard InChI is InChI=1S/C22H21N3O2/c1-15-7-8-20(27-2)18(13-15)24-22(26)17-9-11-23-21(14-17)25-12-10-16-5-3-4-6-19(16)25/h3-9,11,13-14H,10,12H2,1-2H3,(H,24,26). The van der Waals surface area contributed by atoms with Gasteiger partial charge in [-0.15, -0.1) is 0 Å². The molecule has 1 amide bonds. The number of hydrogen-bond acceptors (Lipinski definition) is 4. The molecular weight excluding hydrogens is 338 g/mol. The third-order valence-electron chi connectivity index (χ3n) is 4.77. The number of nitrogens with one attached hydrogen (secondary N) is 1. The molecule has 0 fully saturated rings. The molecule has 0 aliphatic carbocycles. The van der Waals surface area contributed by atoms with Crippen LogP contribution >= 0.6 is 0 Å². The monoisotopic (exact) mass is 359 g/mol. The Labute approximate surface area is 158 Å². The van der Waals surface area contributed by atoms with Gasteiger partial charge < -0.3 is 15.0 Å². The highest BCUT2D eigenvalue weighted by atomic mass is 16.5. The molecule has 0 bridgehead atoms. The summed E-state index contributed by atoms with van der Waals surface area (Å²) in [6, 6.07) is 17.6. The van der Waals surface area contributed by atoms with Crippen molar-refractivity contribution < 1.29 is 9.53 Å². The number of anilines is 3. The fraction of sp³-hybridized carbons (Fsp3) is 0.182. The maximum atomic E-state index is 12.8. The molecule has 0 saturated carbocycles. The van der Waals surface area contributed by atoms with Crippen LogP contribution in [0.4, 0.5) is 17.2 Å². The molecule has 5 nitrogen and oxygen atoms in total. The first kappa shape index (κ1) is 17.1. The van der Waals surface area contributed by atoms with E-state index in [9.17, 15) is 4.79 Å². The van der Waals surface area contributed by atoms with E-state index in [4.69, 9.17) is 4.74 Å². The molecule has 1 aliphatic rings. The lowest BCUT2D eigenvalue weighted by atomic mass is 10.1. The van der Waals surface area contributed by atoms with E-state index in [0.29, 0.717) is 17.0 Å². The Morgan fingerprint density at radius 2 is 2.00 bits per heavy atom. The maximum Gasteiger partial charge on any atom is 0.255 e. The number of benzene rings is 2. The summed E-state index contributed by atoms with van der Waals surface area (Å²) in [6.07, 6.45) is 2.66. The van der Waals surface area contributed by atoms with Crippen LogP contribution in [0.1, 0.15) is 21.5 Å². The van der Waals surface area contributed by atoms with E-state index in [1.165, 1.54) is 5.56 Å². The van der Waals surface area contributed by atoms with Gasteiger partial charge in [-0.1, -0.05) is 24.3 Å². The second-order valence-corrected chi connectivity index (χ2v) is 6.59. The Morgan fingerprint density at radius 1 is 1.15 bits per heavy atom. The normalized spacial score (nSPS) is 12.6. The summed E-state index contributed by atoms with van der Waals surface area (Å²) in [5, 5.41) is 2.95. The lowest BCUT2D eigenvalue weighted by Crippen LogP contribution is -2.17. The molecule has 4 rings (SSSR count). The first-order chi connectivity index (χ1) is 13.2. The van der Waals surface area contributed by atoms with Gasteiger partial charge in [-0.2, -0.15) is 0 Å². The third kappa shape index (κ3) is 3.36. The first-order valence-corrected chi connectivity index (χ1v) is 8.93. The largest absolute Gasteiger partial charge is 0.495 e. The molecule has 0 unspecified atom stereocenters. The van der Waals surface area contributed by atoms with Gasteiger partial charge in [-0.3, -0.25) is 4.79 Å². The molecular formula is C22H21N3O2. The number of nitrogens with zero attached hydrogens (tertiary/aromatic N) is 2. The number of fused-ring (bicyclic) bond motifs is 1. The van der Waals surface area contributed by atoms with E-state index in [-0.39, 0.29) is 5.91 Å². The molecule has 0 spiro atoms. The highest BCUT2D eigenvalue weighted by molar-refractivity contribution is 6.05. The Hall–Kier alpha value is -3.34. The van der Waals surface area contributed by atoms with E-state index in [1.54, 1.807) is 19.4 Å². The van der Waals surface area contributed by atoms with Crippen LogP contribution in [0.5, 0.6) is 5.75 Å². The Kier molecular flexibility index (Phi) is 4.50. The number of rotatable bonds is 4. The van der Waals surface area contributed by atoms with Crippen molar-refractivity contribution in [3.8, 4) is 5.75 Å². The summed E-state index contributed by atoms with van der Waals surface area (Å²) in [7, 11) is 1.59. The van der Waals surface area contributed by atoms with E-state index in [0.717, 1.165) is 30.0 Å². The van der Waals surface area contributed by atoms with Crippen LogP contribution < -0.4 is 15.0 Å². The third-order valence-corrected chi connectivity index (χ3v) is 4.77. The smallest absolute Gasteiger partial charge is 0.255 e. The SMILES string of the molecule is COc1ccc(C)cc1NC(=O)c1ccnc(N2CCc3ccccc32)c1. The molecule has 1 N–H and O–H groups in total. The van der Waals surface area contributed by atoms with Gasteiger partial charge in [0, 0.05) is 24.0 Å². The molecule has 27 heavy (non-hydrogen) atoms. The van der Waals surface area contributed by atoms with E-state index < -0.39 is 0 Å². The van der Waals surface area contributed by atoms with E-state index >= 15 is 0 Å². The number of carbonyl (C=O) groups is 1. The van der Waals surface area contributed by atoms with Crippen LogP contribution in [0, 0.1) is 6.92 Å². The molecule has 0 saturated heterocycles. The highest BCUT2D eigenvalue weighted by Crippen LogP contribution is 2.33. The molecule has 0 radical (unpaired) electrons. The lowest BCUT2D eigenvalue weighted by molar-refractivity contribution is 0.102. The van der Waals surface area contributed by atoms with Crippen molar-refractivity contribution in [3.05, 3.63) is 77.5 Å². The Morgan fingerprint density at radius 3 is 2.85 bits per heavy atom. The number of ether oxygens (including phenoxy) is 1. The summed E-state index contributed by atoms with van der Waals surface area (Å²) in [5.74, 6) is 1.23. The van der Waals surface area contributed by atoms with Crippen molar-refractivity contribution in [2.24, 2.45) is 0 Å². The zero-order valence-electron chi connectivity index (χ0n) is 15.4. The second-order valence-electron chi connectivity index (χ2n) is 6.59. The quantitative estimate of drug-likeness (QED) is 0.753. The molecule has 2 heterocycles. The van der Waals surface area contributed by atoms with Crippen LogP contribution in [-0.2, 0) is 6.42 Å². The van der Waals surface area contributed by atoms with Crippen LogP contribution in [0.25, 0.3) is 0 Å². The summed E-state index contributed by atoms with van der Waals surface area (Å²) in [4.78, 5) is 19.4. The van der Waals surface area contributed by atoms with Gasteiger partial charge >= 0.3 is 0 Å². The summed E-state index contributed by atoms with van der Waals surface area (Å²) in [6.45, 7) is 2.84. The highest BCUT2D eigenvalue weighted by Gasteiger charge is 2.21.